The van der Waals surface area contributed by atoms with Gasteiger partial charge >= 0.3 is 0 Å². The van der Waals surface area contributed by atoms with Gasteiger partial charge in [-0.15, -0.1) is 0 Å². The van der Waals surface area contributed by atoms with Gasteiger partial charge in [0.25, 0.3) is 0 Å². The SMILES string of the molecule is COCCn1c(C)cc2ccc(-c3nccc(Nc4ccc5[nH]ncc5c4)n3)cc21. The van der Waals surface area contributed by atoms with Crippen molar-refractivity contribution in [2.75, 3.05) is 19.0 Å². The molecule has 5 rings (SSSR count). The second kappa shape index (κ2) is 7.61. The van der Waals surface area contributed by atoms with Crippen LogP contribution in [-0.2, 0) is 11.3 Å². The highest BCUT2D eigenvalue weighted by molar-refractivity contribution is 5.86. The van der Waals surface area contributed by atoms with Crippen molar-refractivity contribution in [3.05, 3.63) is 66.6 Å². The van der Waals surface area contributed by atoms with E-state index in [0.29, 0.717) is 12.4 Å². The van der Waals surface area contributed by atoms with Gasteiger partial charge in [0.2, 0.25) is 0 Å². The van der Waals surface area contributed by atoms with Crippen LogP contribution >= 0.6 is 0 Å². The van der Waals surface area contributed by atoms with Gasteiger partial charge in [-0.2, -0.15) is 5.10 Å². The molecule has 7 heteroatoms. The Hall–Kier alpha value is -3.71. The van der Waals surface area contributed by atoms with Crippen molar-refractivity contribution in [2.45, 2.75) is 13.5 Å². The van der Waals surface area contributed by atoms with Crippen LogP contribution in [0.4, 0.5) is 11.5 Å². The van der Waals surface area contributed by atoms with Gasteiger partial charge in [-0.25, -0.2) is 9.97 Å². The molecule has 0 aliphatic rings. The molecule has 150 valence electrons. The number of nitrogens with zero attached hydrogens (tertiary/aromatic N) is 4. The molecule has 0 radical (unpaired) electrons. The smallest absolute Gasteiger partial charge is 0.161 e. The van der Waals surface area contributed by atoms with E-state index in [1.54, 1.807) is 13.3 Å². The van der Waals surface area contributed by atoms with Gasteiger partial charge < -0.3 is 14.6 Å². The van der Waals surface area contributed by atoms with E-state index in [9.17, 15) is 0 Å². The van der Waals surface area contributed by atoms with Gasteiger partial charge in [0.1, 0.15) is 5.82 Å². The number of aryl methyl sites for hydroxylation is 1. The Balaban J connectivity index is 1.47. The molecule has 0 bridgehead atoms. The summed E-state index contributed by atoms with van der Waals surface area (Å²) < 4.78 is 7.54. The summed E-state index contributed by atoms with van der Waals surface area (Å²) in [4.78, 5) is 9.23. The van der Waals surface area contributed by atoms with E-state index in [-0.39, 0.29) is 0 Å². The highest BCUT2D eigenvalue weighted by atomic mass is 16.5. The zero-order valence-corrected chi connectivity index (χ0v) is 16.9. The van der Waals surface area contributed by atoms with Crippen LogP contribution in [0.25, 0.3) is 33.2 Å². The van der Waals surface area contributed by atoms with E-state index in [2.05, 4.69) is 56.3 Å². The molecule has 0 saturated heterocycles. The van der Waals surface area contributed by atoms with E-state index < -0.39 is 0 Å². The number of rotatable bonds is 6. The zero-order valence-electron chi connectivity index (χ0n) is 16.9. The predicted octanol–water partition coefficient (Wildman–Crippen LogP) is 4.67. The van der Waals surface area contributed by atoms with Crippen LogP contribution in [-0.4, -0.2) is 38.4 Å². The lowest BCUT2D eigenvalue weighted by Crippen LogP contribution is -2.05. The minimum atomic E-state index is 0.672. The maximum Gasteiger partial charge on any atom is 0.161 e. The third kappa shape index (κ3) is 3.40. The molecular formula is C23H22N6O. The van der Waals surface area contributed by atoms with Gasteiger partial charge in [-0.1, -0.05) is 12.1 Å². The molecule has 2 N–H and O–H groups in total. The summed E-state index contributed by atoms with van der Waals surface area (Å²) in [5, 5.41) is 12.6. The lowest BCUT2D eigenvalue weighted by molar-refractivity contribution is 0.188. The Bertz CT molecular complexity index is 1340. The summed E-state index contributed by atoms with van der Waals surface area (Å²) in [5.41, 5.74) is 5.31. The third-order valence-corrected chi connectivity index (χ3v) is 5.26. The summed E-state index contributed by atoms with van der Waals surface area (Å²) in [6.07, 6.45) is 3.59. The van der Waals surface area contributed by atoms with Gasteiger partial charge in [0, 0.05) is 47.7 Å². The number of anilines is 2. The number of hydrogen-bond acceptors (Lipinski definition) is 5. The predicted molar refractivity (Wildman–Crippen MR) is 119 cm³/mol. The fourth-order valence-corrected chi connectivity index (χ4v) is 3.75. The Morgan fingerprint density at radius 3 is 2.90 bits per heavy atom. The van der Waals surface area contributed by atoms with Crippen LogP contribution in [0.15, 0.2) is 60.9 Å². The maximum absolute atomic E-state index is 5.27. The van der Waals surface area contributed by atoms with Crippen LogP contribution in [0, 0.1) is 6.92 Å². The molecule has 30 heavy (non-hydrogen) atoms. The molecule has 0 fully saturated rings. The summed E-state index contributed by atoms with van der Waals surface area (Å²) in [7, 11) is 1.73. The van der Waals surface area contributed by atoms with Gasteiger partial charge in [-0.3, -0.25) is 5.10 Å². The number of fused-ring (bicyclic) bond motifs is 2. The molecule has 0 unspecified atom stereocenters. The monoisotopic (exact) mass is 398 g/mol. The minimum Gasteiger partial charge on any atom is -0.383 e. The van der Waals surface area contributed by atoms with Gasteiger partial charge in [0.15, 0.2) is 5.82 Å². The molecule has 2 aromatic carbocycles. The second-order valence-electron chi connectivity index (χ2n) is 7.27. The number of aromatic amines is 1. The number of ether oxygens (including phenoxy) is 1. The number of aromatic nitrogens is 5. The number of hydrogen-bond donors (Lipinski definition) is 2. The fourth-order valence-electron chi connectivity index (χ4n) is 3.75. The summed E-state index contributed by atoms with van der Waals surface area (Å²) in [6.45, 7) is 3.60. The molecule has 3 heterocycles. The first kappa shape index (κ1) is 18.3. The van der Waals surface area contributed by atoms with Crippen molar-refractivity contribution in [3.63, 3.8) is 0 Å². The standard InChI is InChI=1S/C23H22N6O/c1-15-11-16-3-4-17(13-21(16)29(15)9-10-30-2)23-24-8-7-22(27-23)26-19-5-6-20-18(12-19)14-25-28-20/h3-8,11-14H,9-10H2,1-2H3,(H,25,28)(H,24,26,27). The van der Waals surface area contributed by atoms with Gasteiger partial charge in [-0.05, 0) is 48.7 Å². The molecule has 3 aromatic heterocycles. The number of nitrogens with one attached hydrogen (secondary N) is 2. The highest BCUT2D eigenvalue weighted by Crippen LogP contribution is 2.26. The first-order chi connectivity index (χ1) is 14.7. The molecule has 0 spiro atoms. The van der Waals surface area contributed by atoms with Crippen molar-refractivity contribution < 1.29 is 4.74 Å². The number of methoxy groups -OCH3 is 1. The van der Waals surface area contributed by atoms with Crippen molar-refractivity contribution in [2.24, 2.45) is 0 Å². The molecule has 5 aromatic rings. The Morgan fingerprint density at radius 1 is 1.07 bits per heavy atom. The lowest BCUT2D eigenvalue weighted by Gasteiger charge is -2.09. The van der Waals surface area contributed by atoms with Crippen molar-refractivity contribution in [1.82, 2.24) is 24.7 Å². The molecular weight excluding hydrogens is 376 g/mol. The Morgan fingerprint density at radius 2 is 2.00 bits per heavy atom. The summed E-state index contributed by atoms with van der Waals surface area (Å²) in [6, 6.07) is 16.4. The number of benzene rings is 2. The van der Waals surface area contributed by atoms with E-state index in [0.717, 1.165) is 40.0 Å². The molecule has 0 amide bonds. The molecule has 7 nitrogen and oxygen atoms in total. The maximum atomic E-state index is 5.27. The molecule has 0 saturated carbocycles. The minimum absolute atomic E-state index is 0.672. The zero-order chi connectivity index (χ0) is 20.5. The van der Waals surface area contributed by atoms with Crippen LogP contribution in [0.1, 0.15) is 5.69 Å². The lowest BCUT2D eigenvalue weighted by atomic mass is 10.1. The van der Waals surface area contributed by atoms with Crippen molar-refractivity contribution in [3.8, 4) is 11.4 Å². The van der Waals surface area contributed by atoms with Crippen molar-refractivity contribution >= 4 is 33.3 Å². The average molecular weight is 398 g/mol. The van der Waals surface area contributed by atoms with E-state index >= 15 is 0 Å². The Labute approximate surface area is 173 Å². The normalized spacial score (nSPS) is 11.4. The first-order valence-electron chi connectivity index (χ1n) is 9.84. The average Bonchev–Trinajstić information content (AvgIpc) is 3.35. The summed E-state index contributed by atoms with van der Waals surface area (Å²) in [5.74, 6) is 1.43. The van der Waals surface area contributed by atoms with Crippen LogP contribution < -0.4 is 5.32 Å². The third-order valence-electron chi connectivity index (χ3n) is 5.26. The second-order valence-corrected chi connectivity index (χ2v) is 7.27. The highest BCUT2D eigenvalue weighted by Gasteiger charge is 2.10. The van der Waals surface area contributed by atoms with E-state index in [1.165, 1.54) is 11.1 Å². The molecule has 0 aliphatic carbocycles. The number of H-pyrrole nitrogens is 1. The fraction of sp³-hybridized carbons (Fsp3) is 0.174. The molecule has 0 atom stereocenters. The summed E-state index contributed by atoms with van der Waals surface area (Å²) >= 11 is 0. The Kier molecular flexibility index (Phi) is 4.65. The van der Waals surface area contributed by atoms with Crippen LogP contribution in [0.5, 0.6) is 0 Å². The van der Waals surface area contributed by atoms with E-state index in [4.69, 9.17) is 9.72 Å². The first-order valence-corrected chi connectivity index (χ1v) is 9.84. The quantitative estimate of drug-likeness (QED) is 0.434. The van der Waals surface area contributed by atoms with Crippen LogP contribution in [0.2, 0.25) is 0 Å². The largest absolute Gasteiger partial charge is 0.383 e. The van der Waals surface area contributed by atoms with Crippen molar-refractivity contribution in [1.29, 1.82) is 0 Å². The van der Waals surface area contributed by atoms with Gasteiger partial charge in [0.05, 0.1) is 18.3 Å². The van der Waals surface area contributed by atoms with Crippen LogP contribution in [0.3, 0.4) is 0 Å². The van der Waals surface area contributed by atoms with E-state index in [1.807, 2.05) is 30.5 Å². The topological polar surface area (TPSA) is 80.6 Å². The molecule has 0 aliphatic heterocycles.